The Kier molecular flexibility index (Phi) is 30.9. The Morgan fingerprint density at radius 3 is 1.96 bits per heavy atom. The first-order chi connectivity index (χ1) is 64.2. The summed E-state index contributed by atoms with van der Waals surface area (Å²) in [5, 5.41) is 164. The number of aryl methyl sites for hydroxylation is 1. The van der Waals surface area contributed by atoms with Crippen molar-refractivity contribution in [2.45, 2.75) is 207 Å². The van der Waals surface area contributed by atoms with E-state index in [4.69, 9.17) is 77.3 Å². The molecule has 40 nitrogen and oxygen atoms in total. The van der Waals surface area contributed by atoms with E-state index in [1.54, 1.807) is 42.5 Å². The molecule has 8 heterocycles. The lowest BCUT2D eigenvalue weighted by molar-refractivity contribution is -0.350. The molecule has 135 heavy (non-hydrogen) atoms. The number of likely N-dealkylation sites (N-methyl/N-ethyl adjacent to an activating group) is 1. The van der Waals surface area contributed by atoms with Crippen LogP contribution >= 0.6 is 23.2 Å². The molecule has 8 aromatic carbocycles. The lowest BCUT2D eigenvalue weighted by Gasteiger charge is -2.46. The summed E-state index contributed by atoms with van der Waals surface area (Å²) in [5.74, 6) is -14.2. The fraction of sp³-hybridized carbons (Fsp3) is 0.398. The number of halogens is 2. The second-order valence-corrected chi connectivity index (χ2v) is 35.3. The van der Waals surface area contributed by atoms with Crippen molar-refractivity contribution in [3.05, 3.63) is 212 Å². The Hall–Kier alpha value is -12.0. The molecular formula is C93H105Cl2N11O29. The Balaban J connectivity index is 0.849. The minimum atomic E-state index is -2.41. The summed E-state index contributed by atoms with van der Waals surface area (Å²) in [7, 11) is 1.47. The van der Waals surface area contributed by atoms with Gasteiger partial charge in [-0.2, -0.15) is 0 Å². The second kappa shape index (κ2) is 42.1. The molecule has 8 aliphatic heterocycles. The van der Waals surface area contributed by atoms with Crippen LogP contribution in [-0.4, -0.2) is 238 Å². The second-order valence-electron chi connectivity index (χ2n) is 34.5. The van der Waals surface area contributed by atoms with Crippen molar-refractivity contribution < 1.29 is 142 Å². The standard InChI is InChI=1S/C93H105Cl2N11O29/c1-39(2)23-55(98-6)85(121)104-71-73(112)45-18-21-59(53(94)26-45)129-62-29-48-30-63(80(62)134-92-78(117)76(115)81(65(37-107)132-92)135-91-77(116)75(114)74(113)64(131-91)36-99-35-43-13-10-14-49(24-43)100-83(119)47-16-15-40(3)61(28-47)127-38-42-11-8-7-9-12-42)130-60-22-19-46(27-54(60)95)79(133-67-34-93(5,97)82(118)41(4)128-67)72-90(126)106-84(120)52-31-50(108)32-58(110)68(52)51-25-44(17-20-57(51)109)69(87(123)105-72)103-88(124)70(48)102-86(122)56(33-66(96)111)101-89(71)125/h7-22,24-32,39,41,55-56,64-65,67,69-79,81-82,84,91-92,98-99,107-110,112-118,120H,23,33-38,97H2,1-6H3,(H2,96,111)(H,100,119)(H,101,125)(H,102,122)(H,103,124)(H,104,121)(H,105,123)(H,106,126)/t41-,55+,56?,64+,65+,67-,69?,70+,71?,72-,73+,74-,75-,76+,77+,78+,79+,81+,82-,84-,91-,92-,93-/m0/s1. The van der Waals surface area contributed by atoms with Crippen molar-refractivity contribution >= 4 is 76.1 Å². The molecule has 8 amide bonds. The summed E-state index contributed by atoms with van der Waals surface area (Å²) in [6.45, 7) is 7.41. The molecule has 3 saturated heterocycles. The molecule has 25 N–H and O–H groups in total. The maximum Gasteiger partial charge on any atom is 0.255 e. The van der Waals surface area contributed by atoms with Crippen LogP contribution in [0.4, 0.5) is 5.69 Å². The van der Waals surface area contributed by atoms with E-state index in [1.165, 1.54) is 45.2 Å². The van der Waals surface area contributed by atoms with Gasteiger partial charge in [-0.15, -0.1) is 0 Å². The molecule has 0 saturated carbocycles. The van der Waals surface area contributed by atoms with Crippen molar-refractivity contribution in [1.82, 2.24) is 42.5 Å². The fourth-order valence-corrected chi connectivity index (χ4v) is 17.2. The van der Waals surface area contributed by atoms with Gasteiger partial charge in [-0.3, -0.25) is 38.4 Å². The maximum atomic E-state index is 16.5. The van der Waals surface area contributed by atoms with Crippen LogP contribution < -0.4 is 78.3 Å². The number of ether oxygens (including phenoxy) is 9. The largest absolute Gasteiger partial charge is 0.508 e. The van der Waals surface area contributed by atoms with Crippen molar-refractivity contribution in [2.24, 2.45) is 17.4 Å². The van der Waals surface area contributed by atoms with E-state index >= 15 is 24.0 Å². The van der Waals surface area contributed by atoms with E-state index in [0.717, 1.165) is 65.7 Å². The number of aromatic hydroxyl groups is 3. The van der Waals surface area contributed by atoms with Gasteiger partial charge in [-0.25, -0.2) is 0 Å². The zero-order valence-electron chi connectivity index (χ0n) is 73.4. The van der Waals surface area contributed by atoms with E-state index in [1.807, 2.05) is 51.1 Å². The number of hydrogen-bond donors (Lipinski definition) is 23. The number of phenols is 3. The number of phenolic OH excluding ortho intramolecular Hbond substituents is 3. The van der Waals surface area contributed by atoms with Crippen LogP contribution in [0.1, 0.15) is 132 Å². The molecule has 8 aliphatic rings. The lowest BCUT2D eigenvalue weighted by Crippen LogP contribution is -2.65. The number of nitrogens with one attached hydrogen (secondary N) is 9. The number of aliphatic hydroxyl groups excluding tert-OH is 9. The first-order valence-corrected chi connectivity index (χ1v) is 44.0. The number of nitrogens with two attached hydrogens (primary N) is 2. The van der Waals surface area contributed by atoms with Crippen molar-refractivity contribution in [3.8, 4) is 62.9 Å². The molecule has 0 spiro atoms. The summed E-state index contributed by atoms with van der Waals surface area (Å²) in [5.41, 5.74) is 11.6. The Labute approximate surface area is 781 Å². The average molecular weight is 1910 g/mol. The molecule has 0 aliphatic carbocycles. The number of anilines is 1. The quantitative estimate of drug-likeness (QED) is 0.0438. The lowest BCUT2D eigenvalue weighted by atomic mass is 9.86. The van der Waals surface area contributed by atoms with Crippen LogP contribution in [0.15, 0.2) is 152 Å². The predicted octanol–water partition coefficient (Wildman–Crippen LogP) is 2.73. The van der Waals surface area contributed by atoms with E-state index in [-0.39, 0.29) is 55.1 Å². The molecule has 0 aromatic heterocycles. The molecule has 42 heteroatoms. The van der Waals surface area contributed by atoms with E-state index < -0.39 is 279 Å². The van der Waals surface area contributed by atoms with Gasteiger partial charge in [0.2, 0.25) is 53.4 Å². The van der Waals surface area contributed by atoms with Crippen molar-refractivity contribution in [1.29, 1.82) is 0 Å². The third kappa shape index (κ3) is 22.4. The molecule has 16 rings (SSSR count). The number of carbonyl (C=O) groups is 8. The van der Waals surface area contributed by atoms with Gasteiger partial charge in [-0.05, 0) is 158 Å². The molecule has 8 aromatic rings. The Morgan fingerprint density at radius 1 is 0.630 bits per heavy atom. The molecule has 720 valence electrons. The highest BCUT2D eigenvalue weighted by atomic mass is 35.5. The zero-order chi connectivity index (χ0) is 97.0. The number of carbonyl (C=O) groups excluding carboxylic acids is 8. The van der Waals surface area contributed by atoms with Gasteiger partial charge in [0.25, 0.3) is 5.91 Å². The summed E-state index contributed by atoms with van der Waals surface area (Å²) >= 11 is 14.5. The normalized spacial score (nSPS) is 28.3. The number of primary amides is 1. The Bertz CT molecular complexity index is 5750. The van der Waals surface area contributed by atoms with Crippen molar-refractivity contribution in [3.63, 3.8) is 0 Å². The van der Waals surface area contributed by atoms with E-state index in [0.29, 0.717) is 22.6 Å². The van der Waals surface area contributed by atoms with E-state index in [9.17, 15) is 75.7 Å². The minimum absolute atomic E-state index is 0.0695. The monoisotopic (exact) mass is 1910 g/mol. The zero-order valence-corrected chi connectivity index (χ0v) is 74.9. The van der Waals surface area contributed by atoms with Crippen LogP contribution in [0.2, 0.25) is 10.0 Å². The minimum Gasteiger partial charge on any atom is -0.508 e. The smallest absolute Gasteiger partial charge is 0.255 e. The molecule has 0 radical (unpaired) electrons. The average Bonchev–Trinajstić information content (AvgIpc) is 0.766. The van der Waals surface area contributed by atoms with Gasteiger partial charge >= 0.3 is 0 Å². The number of amides is 8. The molecular weight excluding hydrogens is 1810 g/mol. The highest BCUT2D eigenvalue weighted by molar-refractivity contribution is 6.32. The van der Waals surface area contributed by atoms with Crippen LogP contribution in [-0.2, 0) is 70.4 Å². The van der Waals surface area contributed by atoms with Gasteiger partial charge in [0.1, 0.15) is 132 Å². The maximum absolute atomic E-state index is 16.5. The van der Waals surface area contributed by atoms with Gasteiger partial charge in [-0.1, -0.05) is 104 Å². The summed E-state index contributed by atoms with van der Waals surface area (Å²) in [6.07, 6.45) is -31.5. The van der Waals surface area contributed by atoms with Crippen LogP contribution in [0.3, 0.4) is 0 Å². The number of fused-ring (bicyclic) bond motifs is 15. The first kappa shape index (κ1) is 99.0. The van der Waals surface area contributed by atoms with Crippen LogP contribution in [0, 0.1) is 12.8 Å². The fourth-order valence-electron chi connectivity index (χ4n) is 16.7. The van der Waals surface area contributed by atoms with Crippen molar-refractivity contribution in [2.75, 3.05) is 25.5 Å². The summed E-state index contributed by atoms with van der Waals surface area (Å²) in [4.78, 5) is 120. The highest BCUT2D eigenvalue weighted by Gasteiger charge is 2.53. The van der Waals surface area contributed by atoms with E-state index in [2.05, 4.69) is 47.9 Å². The molecule has 23 atom stereocenters. The SMILES string of the molecule is CN[C@H](CC(C)C)C(=O)NC1C(=O)NC(CC(N)=O)C(=O)N[C@H]2C(=O)NC3C(=O)N[C@H](C(=O)N[C@@H](O)c4cc(O)cc(O)c4-c4cc3ccc4O)[C@H](O[C@H]3C[C@](C)(N)[C@@H](O)[C@H](C)O3)c3ccc(c(Cl)c3)Oc3cc2cc(c3O[C@@H]2O[C@H](CO)[C@@H](O[C@@H]3O[C@H](CNCc4cccc(NC(=O)c5ccc(C)c(OCc6ccccc6)c5)c4)[C@H](O)[C@H](O)[C@H]3O)[C@H](O)[C@H]2O)Oc2ccc(cc2Cl)[C@H]1O. The molecule has 3 fully saturated rings. The van der Waals surface area contributed by atoms with Crippen LogP contribution in [0.25, 0.3) is 11.1 Å². The predicted molar refractivity (Wildman–Crippen MR) is 477 cm³/mol. The molecule has 3 unspecified atom stereocenters. The van der Waals surface area contributed by atoms with Gasteiger partial charge in [0.05, 0.1) is 41.3 Å². The van der Waals surface area contributed by atoms with Crippen LogP contribution in [0.5, 0.6) is 51.7 Å². The first-order valence-electron chi connectivity index (χ1n) is 43.2. The summed E-state index contributed by atoms with van der Waals surface area (Å²) in [6, 6.07) is 23.3. The summed E-state index contributed by atoms with van der Waals surface area (Å²) < 4.78 is 57.5. The topological polar surface area (TPSA) is 623 Å². The third-order valence-electron chi connectivity index (χ3n) is 24.0. The van der Waals surface area contributed by atoms with Gasteiger partial charge in [0.15, 0.2) is 30.3 Å². The number of rotatable bonds is 23. The Morgan fingerprint density at radius 2 is 1.28 bits per heavy atom. The number of benzene rings is 8. The number of aliphatic hydroxyl groups is 9. The number of hydrogen-bond acceptors (Lipinski definition) is 32. The highest BCUT2D eigenvalue weighted by Crippen LogP contribution is 2.50. The molecule has 11 bridgehead atoms. The third-order valence-corrected chi connectivity index (χ3v) is 24.6. The van der Waals surface area contributed by atoms with Gasteiger partial charge < -0.3 is 163 Å². The van der Waals surface area contributed by atoms with Gasteiger partial charge in [0, 0.05) is 59.1 Å².